The van der Waals surface area contributed by atoms with Crippen LogP contribution in [0.15, 0.2) is 0 Å². The Hall–Kier alpha value is -1.47. The number of nitrogens with one attached hydrogen (secondary N) is 1. The molecular formula is C8H12F3NO4. The van der Waals surface area contributed by atoms with Crippen molar-refractivity contribution in [2.24, 2.45) is 0 Å². The summed E-state index contributed by atoms with van der Waals surface area (Å²) in [6.07, 6.45) is -7.21. The Morgan fingerprint density at radius 2 is 1.94 bits per heavy atom. The van der Waals surface area contributed by atoms with Gasteiger partial charge in [-0.3, -0.25) is 0 Å². The van der Waals surface area contributed by atoms with Crippen molar-refractivity contribution in [1.82, 2.24) is 5.32 Å². The lowest BCUT2D eigenvalue weighted by Gasteiger charge is -2.17. The molecule has 1 unspecified atom stereocenters. The molecular weight excluding hydrogens is 231 g/mol. The number of carbonyl (C=O) groups is 2. The molecule has 1 atom stereocenters. The second-order valence-corrected chi connectivity index (χ2v) is 2.76. The molecule has 0 aliphatic heterocycles. The Morgan fingerprint density at radius 3 is 2.31 bits per heavy atom. The highest BCUT2D eigenvalue weighted by Gasteiger charge is 2.37. The number of amides is 1. The van der Waals surface area contributed by atoms with Crippen LogP contribution in [0.5, 0.6) is 0 Å². The first-order valence-corrected chi connectivity index (χ1v) is 4.38. The fourth-order valence-electron chi connectivity index (χ4n) is 0.869. The molecule has 8 heteroatoms. The molecule has 0 saturated carbocycles. The largest absolute Gasteiger partial charge is 0.464 e. The van der Waals surface area contributed by atoms with Crippen LogP contribution >= 0.6 is 0 Å². The standard InChI is InChI=1S/C8H12F3NO4/c1-3-16-6(13)5(4-8(9,10)11)12-7(14)15-2/h5H,3-4H2,1-2H3,(H,12,14). The molecule has 0 aromatic rings. The van der Waals surface area contributed by atoms with Crippen molar-refractivity contribution in [3.8, 4) is 0 Å². The molecule has 0 radical (unpaired) electrons. The summed E-state index contributed by atoms with van der Waals surface area (Å²) in [5.41, 5.74) is 0. The van der Waals surface area contributed by atoms with E-state index in [0.29, 0.717) is 0 Å². The zero-order valence-corrected chi connectivity index (χ0v) is 8.76. The summed E-state index contributed by atoms with van der Waals surface area (Å²) in [7, 11) is 0.977. The molecule has 0 aromatic heterocycles. The Balaban J connectivity index is 4.50. The summed E-state index contributed by atoms with van der Waals surface area (Å²) in [5.74, 6) is -1.15. The first-order chi connectivity index (χ1) is 7.30. The van der Waals surface area contributed by atoms with Gasteiger partial charge >= 0.3 is 18.2 Å². The molecule has 94 valence electrons. The first kappa shape index (κ1) is 14.5. The number of halogens is 3. The minimum atomic E-state index is -4.58. The van der Waals surface area contributed by atoms with Gasteiger partial charge < -0.3 is 14.8 Å². The predicted molar refractivity (Wildman–Crippen MR) is 46.6 cm³/mol. The quantitative estimate of drug-likeness (QED) is 0.754. The maximum atomic E-state index is 12.1. The molecule has 1 amide bonds. The fourth-order valence-corrected chi connectivity index (χ4v) is 0.869. The molecule has 0 aliphatic rings. The zero-order valence-electron chi connectivity index (χ0n) is 8.76. The topological polar surface area (TPSA) is 64.6 Å². The molecule has 0 bridgehead atoms. The smallest absolute Gasteiger partial charge is 0.407 e. The summed E-state index contributed by atoms with van der Waals surface area (Å²) in [6, 6.07) is -1.78. The number of carbonyl (C=O) groups excluding carboxylic acids is 2. The molecule has 1 N–H and O–H groups in total. The van der Waals surface area contributed by atoms with Crippen LogP contribution in [0.4, 0.5) is 18.0 Å². The lowest BCUT2D eigenvalue weighted by Crippen LogP contribution is -2.44. The Kier molecular flexibility index (Phi) is 5.62. The molecule has 0 rings (SSSR count). The van der Waals surface area contributed by atoms with Crippen LogP contribution in [0.25, 0.3) is 0 Å². The van der Waals surface area contributed by atoms with Crippen molar-refractivity contribution in [2.45, 2.75) is 25.6 Å². The van der Waals surface area contributed by atoms with E-state index in [1.165, 1.54) is 6.92 Å². The van der Waals surface area contributed by atoms with Crippen molar-refractivity contribution < 1.29 is 32.2 Å². The molecule has 0 aliphatic carbocycles. The second kappa shape index (κ2) is 6.19. The number of methoxy groups -OCH3 is 1. The van der Waals surface area contributed by atoms with E-state index in [9.17, 15) is 22.8 Å². The van der Waals surface area contributed by atoms with E-state index >= 15 is 0 Å². The van der Waals surface area contributed by atoms with E-state index in [2.05, 4.69) is 9.47 Å². The van der Waals surface area contributed by atoms with Gasteiger partial charge in [0.25, 0.3) is 0 Å². The summed E-state index contributed by atoms with van der Waals surface area (Å²) < 4.78 is 44.7. The highest BCUT2D eigenvalue weighted by Crippen LogP contribution is 2.22. The van der Waals surface area contributed by atoms with E-state index in [1.54, 1.807) is 5.32 Å². The van der Waals surface area contributed by atoms with E-state index in [0.717, 1.165) is 7.11 Å². The number of esters is 1. The summed E-state index contributed by atoms with van der Waals surface area (Å²) >= 11 is 0. The second-order valence-electron chi connectivity index (χ2n) is 2.76. The SMILES string of the molecule is CCOC(=O)C(CC(F)(F)F)NC(=O)OC. The van der Waals surface area contributed by atoms with Crippen LogP contribution in [0.2, 0.25) is 0 Å². The van der Waals surface area contributed by atoms with Gasteiger partial charge in [-0.2, -0.15) is 13.2 Å². The highest BCUT2D eigenvalue weighted by molar-refractivity contribution is 5.81. The van der Waals surface area contributed by atoms with Crippen molar-refractivity contribution in [2.75, 3.05) is 13.7 Å². The van der Waals surface area contributed by atoms with E-state index in [4.69, 9.17) is 0 Å². The van der Waals surface area contributed by atoms with Crippen LogP contribution in [-0.2, 0) is 14.3 Å². The molecule has 16 heavy (non-hydrogen) atoms. The molecule has 0 aromatic carbocycles. The van der Waals surface area contributed by atoms with Gasteiger partial charge in [-0.15, -0.1) is 0 Å². The number of alkyl carbamates (subject to hydrolysis) is 1. The monoisotopic (exact) mass is 243 g/mol. The maximum absolute atomic E-state index is 12.1. The van der Waals surface area contributed by atoms with Crippen LogP contribution < -0.4 is 5.32 Å². The average Bonchev–Trinajstić information content (AvgIpc) is 2.14. The zero-order chi connectivity index (χ0) is 12.8. The van der Waals surface area contributed by atoms with Crippen molar-refractivity contribution in [3.05, 3.63) is 0 Å². The van der Waals surface area contributed by atoms with Crippen molar-refractivity contribution >= 4 is 12.1 Å². The van der Waals surface area contributed by atoms with Crippen LogP contribution in [0, 0.1) is 0 Å². The summed E-state index contributed by atoms with van der Waals surface area (Å²) in [6.45, 7) is 1.37. The third kappa shape index (κ3) is 6.10. The van der Waals surface area contributed by atoms with Gasteiger partial charge in [-0.05, 0) is 6.92 Å². The minimum Gasteiger partial charge on any atom is -0.464 e. The Labute approximate surface area is 89.9 Å². The van der Waals surface area contributed by atoms with Crippen LogP contribution in [-0.4, -0.2) is 38.0 Å². The maximum Gasteiger partial charge on any atom is 0.407 e. The third-order valence-electron chi connectivity index (χ3n) is 1.48. The number of alkyl halides is 3. The lowest BCUT2D eigenvalue weighted by molar-refractivity contribution is -0.161. The van der Waals surface area contributed by atoms with Crippen molar-refractivity contribution in [3.63, 3.8) is 0 Å². The molecule has 0 heterocycles. The van der Waals surface area contributed by atoms with Gasteiger partial charge in [0.15, 0.2) is 0 Å². The van der Waals surface area contributed by atoms with Crippen molar-refractivity contribution in [1.29, 1.82) is 0 Å². The number of rotatable bonds is 4. The van der Waals surface area contributed by atoms with Gasteiger partial charge in [0.2, 0.25) is 0 Å². The van der Waals surface area contributed by atoms with Gasteiger partial charge in [0.05, 0.1) is 20.1 Å². The minimum absolute atomic E-state index is 0.0734. The van der Waals surface area contributed by atoms with E-state index in [-0.39, 0.29) is 6.61 Å². The Morgan fingerprint density at radius 1 is 1.38 bits per heavy atom. The van der Waals surface area contributed by atoms with E-state index < -0.39 is 30.7 Å². The average molecular weight is 243 g/mol. The fraction of sp³-hybridized carbons (Fsp3) is 0.750. The van der Waals surface area contributed by atoms with E-state index in [1.807, 2.05) is 0 Å². The number of ether oxygens (including phenoxy) is 2. The molecule has 0 spiro atoms. The molecule has 0 saturated heterocycles. The van der Waals surface area contributed by atoms with Crippen LogP contribution in [0.3, 0.4) is 0 Å². The summed E-state index contributed by atoms with van der Waals surface area (Å²) in [5, 5.41) is 1.75. The van der Waals surface area contributed by atoms with Gasteiger partial charge in [-0.1, -0.05) is 0 Å². The normalized spacial score (nSPS) is 12.8. The van der Waals surface area contributed by atoms with Crippen LogP contribution in [0.1, 0.15) is 13.3 Å². The lowest BCUT2D eigenvalue weighted by atomic mass is 10.2. The molecule has 5 nitrogen and oxygen atoms in total. The van der Waals surface area contributed by atoms with Gasteiger partial charge in [-0.25, -0.2) is 9.59 Å². The highest BCUT2D eigenvalue weighted by atomic mass is 19.4. The van der Waals surface area contributed by atoms with Gasteiger partial charge in [0, 0.05) is 0 Å². The Bertz CT molecular complexity index is 254. The third-order valence-corrected chi connectivity index (χ3v) is 1.48. The molecule has 0 fully saturated rings. The number of hydrogen-bond acceptors (Lipinski definition) is 4. The number of hydrogen-bond donors (Lipinski definition) is 1. The predicted octanol–water partition coefficient (Wildman–Crippen LogP) is 1.23. The first-order valence-electron chi connectivity index (χ1n) is 4.38. The summed E-state index contributed by atoms with van der Waals surface area (Å²) in [4.78, 5) is 21.8. The van der Waals surface area contributed by atoms with Gasteiger partial charge in [0.1, 0.15) is 6.04 Å².